The highest BCUT2D eigenvalue weighted by atomic mass is 32.1. The van der Waals surface area contributed by atoms with Gasteiger partial charge in [-0.15, -0.1) is 22.7 Å². The highest BCUT2D eigenvalue weighted by molar-refractivity contribution is 7.21. The van der Waals surface area contributed by atoms with Crippen molar-refractivity contribution in [2.45, 2.75) is 0 Å². The normalized spacial score (nSPS) is 11.1. The lowest BCUT2D eigenvalue weighted by atomic mass is 9.98. The molecule has 6 aromatic rings. The van der Waals surface area contributed by atoms with Crippen LogP contribution >= 0.6 is 22.7 Å². The Labute approximate surface area is 262 Å². The molecule has 0 unspecified atom stereocenters. The summed E-state index contributed by atoms with van der Waals surface area (Å²) in [6.45, 7) is 0. The topological polar surface area (TPSA) is 104 Å². The van der Waals surface area contributed by atoms with Crippen molar-refractivity contribution in [3.8, 4) is 33.9 Å². The second kappa shape index (κ2) is 12.5. The number of carbonyl (C=O) groups excluding carboxylic acids is 2. The third-order valence-corrected chi connectivity index (χ3v) is 8.97. The molecule has 6 rings (SSSR count). The van der Waals surface area contributed by atoms with Crippen molar-refractivity contribution in [1.82, 2.24) is 4.98 Å². The zero-order chi connectivity index (χ0) is 30.6. The smallest absolute Gasteiger partial charge is 0.267 e. The molecule has 0 fully saturated rings. The van der Waals surface area contributed by atoms with Gasteiger partial charge < -0.3 is 20.5 Å². The number of amides is 1. The number of thiophene rings is 2. The highest BCUT2D eigenvalue weighted by Crippen LogP contribution is 2.46. The second-order valence-electron chi connectivity index (χ2n) is 9.73. The van der Waals surface area contributed by atoms with Gasteiger partial charge in [0.25, 0.3) is 5.91 Å². The lowest BCUT2D eigenvalue weighted by Gasteiger charge is -2.15. The van der Waals surface area contributed by atoms with Crippen LogP contribution in [0.4, 0.5) is 11.4 Å². The van der Waals surface area contributed by atoms with Crippen molar-refractivity contribution < 1.29 is 19.1 Å². The van der Waals surface area contributed by atoms with Crippen LogP contribution in [0, 0.1) is 0 Å². The number of anilines is 2. The number of nitrogens with two attached hydrogens (primary N) is 1. The number of benzene rings is 3. The molecule has 9 heteroatoms. The number of nitrogens with one attached hydrogen (secondary N) is 1. The van der Waals surface area contributed by atoms with E-state index in [0.29, 0.717) is 43.5 Å². The molecule has 3 heterocycles. The molecule has 0 aliphatic rings. The summed E-state index contributed by atoms with van der Waals surface area (Å²) in [5.41, 5.74) is 11.3. The molecule has 7 nitrogen and oxygen atoms in total. The molecule has 3 aromatic carbocycles. The van der Waals surface area contributed by atoms with Gasteiger partial charge in [-0.3, -0.25) is 9.59 Å². The molecular formula is C35H27N3O4S2. The van der Waals surface area contributed by atoms with Gasteiger partial charge in [0.2, 0.25) is 0 Å². The zero-order valence-corrected chi connectivity index (χ0v) is 25.5. The first kappa shape index (κ1) is 28.9. The zero-order valence-electron chi connectivity index (χ0n) is 23.9. The number of ether oxygens (including phenoxy) is 2. The number of fused-ring (bicyclic) bond motifs is 1. The van der Waals surface area contributed by atoms with Crippen LogP contribution in [0.3, 0.4) is 0 Å². The summed E-state index contributed by atoms with van der Waals surface area (Å²) in [7, 11) is 3.18. The molecule has 0 aliphatic carbocycles. The Balaban J connectivity index is 1.36. The Kier molecular flexibility index (Phi) is 8.23. The van der Waals surface area contributed by atoms with E-state index in [1.165, 1.54) is 11.3 Å². The number of allylic oxidation sites excluding steroid dienone is 1. The van der Waals surface area contributed by atoms with Crippen LogP contribution in [0.25, 0.3) is 38.7 Å². The van der Waals surface area contributed by atoms with Crippen LogP contribution in [0.1, 0.15) is 24.9 Å². The van der Waals surface area contributed by atoms with E-state index >= 15 is 0 Å². The van der Waals surface area contributed by atoms with Crippen molar-refractivity contribution in [3.63, 3.8) is 0 Å². The van der Waals surface area contributed by atoms with Crippen molar-refractivity contribution in [2.75, 3.05) is 25.3 Å². The van der Waals surface area contributed by atoms with Crippen molar-refractivity contribution in [3.05, 3.63) is 118 Å². The standard InChI is InChI=1S/C35H27N3O4S2/c1-41-29-12-6-11-25(32(29)42-2)26-20-27(21-8-4-3-5-9-21)38-35-30(26)31(36)33(44-35)34(40)37-23-15-13-22(14-16-23)28(39)18-17-24-10-7-19-43-24/h3-20H,36H2,1-2H3,(H,37,40)/b18-17+. The van der Waals surface area contributed by atoms with Crippen LogP contribution in [0.2, 0.25) is 0 Å². The minimum Gasteiger partial charge on any atom is -0.493 e. The Morgan fingerprint density at radius 3 is 2.39 bits per heavy atom. The third kappa shape index (κ3) is 5.70. The third-order valence-electron chi connectivity index (χ3n) is 7.04. The van der Waals surface area contributed by atoms with E-state index in [9.17, 15) is 9.59 Å². The average molecular weight is 618 g/mol. The Hall–Kier alpha value is -5.25. The van der Waals surface area contributed by atoms with Gasteiger partial charge in [0.1, 0.15) is 9.71 Å². The quantitative estimate of drug-likeness (QED) is 0.125. The van der Waals surface area contributed by atoms with Crippen molar-refractivity contribution >= 4 is 62.0 Å². The van der Waals surface area contributed by atoms with Gasteiger partial charge in [-0.2, -0.15) is 0 Å². The predicted molar refractivity (Wildman–Crippen MR) is 180 cm³/mol. The largest absolute Gasteiger partial charge is 0.493 e. The second-order valence-corrected chi connectivity index (χ2v) is 11.7. The van der Waals surface area contributed by atoms with Crippen LogP contribution in [0.15, 0.2) is 102 Å². The summed E-state index contributed by atoms with van der Waals surface area (Å²) in [6.07, 6.45) is 3.34. The van der Waals surface area contributed by atoms with E-state index in [1.54, 1.807) is 62.0 Å². The number of methoxy groups -OCH3 is 2. The SMILES string of the molecule is COc1cccc(-c2cc(-c3ccccc3)nc3sc(C(=O)Nc4ccc(C(=O)/C=C/c5cccs5)cc4)c(N)c23)c1OC. The summed E-state index contributed by atoms with van der Waals surface area (Å²) < 4.78 is 11.3. The molecular weight excluding hydrogens is 591 g/mol. The van der Waals surface area contributed by atoms with E-state index in [0.717, 1.165) is 27.3 Å². The maximum atomic E-state index is 13.6. The number of nitrogens with zero attached hydrogens (tertiary/aromatic N) is 1. The fourth-order valence-corrected chi connectivity index (χ4v) is 6.54. The van der Waals surface area contributed by atoms with E-state index in [-0.39, 0.29) is 11.7 Å². The van der Waals surface area contributed by atoms with Crippen LogP contribution in [-0.2, 0) is 0 Å². The van der Waals surface area contributed by atoms with Gasteiger partial charge in [0, 0.05) is 38.2 Å². The number of nitrogen functional groups attached to an aromatic ring is 1. The summed E-state index contributed by atoms with van der Waals surface area (Å²) in [6, 6.07) is 28.1. The molecule has 44 heavy (non-hydrogen) atoms. The first-order valence-corrected chi connectivity index (χ1v) is 15.3. The van der Waals surface area contributed by atoms with E-state index in [1.807, 2.05) is 72.1 Å². The number of carbonyl (C=O) groups is 2. The van der Waals surface area contributed by atoms with Crippen molar-refractivity contribution in [2.24, 2.45) is 0 Å². The summed E-state index contributed by atoms with van der Waals surface area (Å²) in [5, 5.41) is 5.53. The fraction of sp³-hybridized carbons (Fsp3) is 0.0571. The minimum absolute atomic E-state index is 0.120. The Morgan fingerprint density at radius 2 is 1.68 bits per heavy atom. The number of ketones is 1. The number of hydrogen-bond donors (Lipinski definition) is 2. The molecule has 3 N–H and O–H groups in total. The maximum absolute atomic E-state index is 13.6. The molecule has 3 aromatic heterocycles. The summed E-state index contributed by atoms with van der Waals surface area (Å²) >= 11 is 2.78. The van der Waals surface area contributed by atoms with Gasteiger partial charge in [0.15, 0.2) is 17.3 Å². The number of pyridine rings is 1. The fourth-order valence-electron chi connectivity index (χ4n) is 4.90. The number of aromatic nitrogens is 1. The van der Waals surface area contributed by atoms with E-state index in [4.69, 9.17) is 20.2 Å². The van der Waals surface area contributed by atoms with Gasteiger partial charge in [0.05, 0.1) is 25.6 Å². The Bertz CT molecular complexity index is 2000. The molecule has 0 bridgehead atoms. The monoisotopic (exact) mass is 617 g/mol. The molecule has 0 saturated carbocycles. The molecule has 0 spiro atoms. The molecule has 0 saturated heterocycles. The lowest BCUT2D eigenvalue weighted by molar-refractivity contribution is 0.102. The van der Waals surface area contributed by atoms with Gasteiger partial charge in [-0.1, -0.05) is 48.5 Å². The van der Waals surface area contributed by atoms with Gasteiger partial charge in [-0.25, -0.2) is 4.98 Å². The minimum atomic E-state index is -0.369. The molecule has 1 amide bonds. The lowest BCUT2D eigenvalue weighted by Crippen LogP contribution is -2.12. The molecule has 218 valence electrons. The molecule has 0 aliphatic heterocycles. The number of para-hydroxylation sites is 1. The average Bonchev–Trinajstić information content (AvgIpc) is 3.71. The number of rotatable bonds is 9. The van der Waals surface area contributed by atoms with Crippen LogP contribution < -0.4 is 20.5 Å². The van der Waals surface area contributed by atoms with E-state index in [2.05, 4.69) is 5.32 Å². The molecule has 0 atom stereocenters. The first-order chi connectivity index (χ1) is 21.5. The highest BCUT2D eigenvalue weighted by Gasteiger charge is 2.24. The van der Waals surface area contributed by atoms with Crippen molar-refractivity contribution in [1.29, 1.82) is 0 Å². The van der Waals surface area contributed by atoms with E-state index < -0.39 is 0 Å². The number of hydrogen-bond acceptors (Lipinski definition) is 8. The van der Waals surface area contributed by atoms with Gasteiger partial charge >= 0.3 is 0 Å². The van der Waals surface area contributed by atoms with Crippen LogP contribution in [-0.4, -0.2) is 30.9 Å². The predicted octanol–water partition coefficient (Wildman–Crippen LogP) is 8.44. The first-order valence-electron chi connectivity index (χ1n) is 13.6. The maximum Gasteiger partial charge on any atom is 0.267 e. The summed E-state index contributed by atoms with van der Waals surface area (Å²) in [4.78, 5) is 33.0. The Morgan fingerprint density at radius 1 is 0.886 bits per heavy atom. The molecule has 0 radical (unpaired) electrons. The van der Waals surface area contributed by atoms with Gasteiger partial charge in [-0.05, 0) is 60.0 Å². The summed E-state index contributed by atoms with van der Waals surface area (Å²) in [5.74, 6) is 0.641. The van der Waals surface area contributed by atoms with Crippen LogP contribution in [0.5, 0.6) is 11.5 Å².